The smallest absolute Gasteiger partial charge is 0.289 e. The van der Waals surface area contributed by atoms with E-state index < -0.39 is 15.9 Å². The lowest BCUT2D eigenvalue weighted by molar-refractivity contribution is 0.0733. The molecule has 1 saturated heterocycles. The molecule has 0 radical (unpaired) electrons. The van der Waals surface area contributed by atoms with Crippen LogP contribution in [0.15, 0.2) is 44.4 Å². The summed E-state index contributed by atoms with van der Waals surface area (Å²) in [5.74, 6) is -0.463. The number of hydrogen-bond donors (Lipinski definition) is 0. The maximum atomic E-state index is 13.2. The van der Waals surface area contributed by atoms with E-state index in [0.717, 1.165) is 0 Å². The molecule has 10 heteroatoms. The average molecular weight is 445 g/mol. The Hall–Kier alpha value is -2.98. The summed E-state index contributed by atoms with van der Waals surface area (Å²) in [6, 6.07) is 7.95. The Morgan fingerprint density at radius 2 is 1.84 bits per heavy atom. The number of aryl methyl sites for hydroxylation is 2. The van der Waals surface area contributed by atoms with Crippen molar-refractivity contribution in [2.45, 2.75) is 25.2 Å². The van der Waals surface area contributed by atoms with Crippen molar-refractivity contribution in [1.82, 2.24) is 19.0 Å². The molecule has 0 spiro atoms. The lowest BCUT2D eigenvalue weighted by Gasteiger charge is -2.21. The van der Waals surface area contributed by atoms with Crippen molar-refractivity contribution >= 4 is 26.9 Å². The summed E-state index contributed by atoms with van der Waals surface area (Å²) < 4.78 is 35.1. The molecule has 0 aliphatic carbocycles. The predicted molar refractivity (Wildman–Crippen MR) is 114 cm³/mol. The van der Waals surface area contributed by atoms with Crippen molar-refractivity contribution in [3.8, 4) is 0 Å². The Kier molecular flexibility index (Phi) is 5.44. The number of fused-ring (bicyclic) bond motifs is 1. The molecule has 0 atom stereocenters. The molecule has 0 bridgehead atoms. The summed E-state index contributed by atoms with van der Waals surface area (Å²) in [7, 11) is -2.03. The monoisotopic (exact) mass is 444 g/mol. The Bertz CT molecular complexity index is 1330. The van der Waals surface area contributed by atoms with Crippen LogP contribution in [0.4, 0.5) is 0 Å². The Balaban J connectivity index is 1.57. The second-order valence-electron chi connectivity index (χ2n) is 7.64. The minimum atomic E-state index is -3.74. The van der Waals surface area contributed by atoms with E-state index in [1.54, 1.807) is 49.8 Å². The fourth-order valence-electron chi connectivity index (χ4n) is 3.96. The number of nitrogens with zero attached hydrogens (tertiary/aromatic N) is 4. The molecule has 3 aromatic rings. The first-order chi connectivity index (χ1) is 14.7. The van der Waals surface area contributed by atoms with Crippen LogP contribution in [0.25, 0.3) is 11.0 Å². The van der Waals surface area contributed by atoms with Crippen LogP contribution in [0.3, 0.4) is 0 Å². The molecular weight excluding hydrogens is 420 g/mol. The molecular formula is C21H24N4O5S. The van der Waals surface area contributed by atoms with E-state index in [1.807, 2.05) is 0 Å². The summed E-state index contributed by atoms with van der Waals surface area (Å²) in [6.45, 7) is 4.41. The molecule has 4 rings (SSSR count). The Morgan fingerprint density at radius 3 is 2.55 bits per heavy atom. The summed E-state index contributed by atoms with van der Waals surface area (Å²) in [5, 5.41) is 4.63. The number of benzene rings is 1. The van der Waals surface area contributed by atoms with Crippen molar-refractivity contribution in [3.05, 3.63) is 57.7 Å². The largest absolute Gasteiger partial charge is 0.451 e. The zero-order valence-corrected chi connectivity index (χ0v) is 18.5. The quantitative estimate of drug-likeness (QED) is 0.609. The highest BCUT2D eigenvalue weighted by atomic mass is 32.2. The van der Waals surface area contributed by atoms with Gasteiger partial charge in [0.05, 0.1) is 16.8 Å². The number of amides is 1. The zero-order valence-electron chi connectivity index (χ0n) is 17.7. The normalized spacial score (nSPS) is 15.9. The van der Waals surface area contributed by atoms with E-state index >= 15 is 0 Å². The highest BCUT2D eigenvalue weighted by Crippen LogP contribution is 2.24. The van der Waals surface area contributed by atoms with Gasteiger partial charge in [-0.1, -0.05) is 12.1 Å². The Labute approximate surface area is 179 Å². The third kappa shape index (κ3) is 3.77. The molecule has 0 N–H and O–H groups in total. The maximum absolute atomic E-state index is 13.2. The molecule has 3 heterocycles. The molecule has 0 unspecified atom stereocenters. The van der Waals surface area contributed by atoms with Crippen LogP contribution in [0, 0.1) is 13.8 Å². The maximum Gasteiger partial charge on any atom is 0.289 e. The van der Waals surface area contributed by atoms with Crippen LogP contribution in [-0.2, 0) is 17.1 Å². The van der Waals surface area contributed by atoms with Crippen molar-refractivity contribution in [1.29, 1.82) is 0 Å². The number of sulfonamides is 1. The molecule has 1 aromatic carbocycles. The summed E-state index contributed by atoms with van der Waals surface area (Å²) in [4.78, 5) is 27.1. The van der Waals surface area contributed by atoms with E-state index in [9.17, 15) is 18.0 Å². The van der Waals surface area contributed by atoms with Gasteiger partial charge in [0, 0.05) is 39.3 Å². The second-order valence-corrected chi connectivity index (χ2v) is 9.52. The first-order valence-corrected chi connectivity index (χ1v) is 11.5. The van der Waals surface area contributed by atoms with E-state index in [2.05, 4.69) is 5.10 Å². The van der Waals surface area contributed by atoms with Crippen LogP contribution in [0.1, 0.15) is 28.4 Å². The molecule has 1 fully saturated rings. The van der Waals surface area contributed by atoms with E-state index in [-0.39, 0.29) is 29.2 Å². The molecule has 31 heavy (non-hydrogen) atoms. The zero-order chi connectivity index (χ0) is 22.3. The van der Waals surface area contributed by atoms with Crippen molar-refractivity contribution < 1.29 is 17.6 Å². The SMILES string of the molecule is Cc1nn(C)c(C)c1S(=O)(=O)N1CCCN(C(=O)c2cc(=O)c3ccccc3o2)CC1. The summed E-state index contributed by atoms with van der Waals surface area (Å²) in [6.07, 6.45) is 0.473. The number of rotatable bonds is 3. The number of hydrogen-bond acceptors (Lipinski definition) is 6. The molecule has 0 saturated carbocycles. The molecule has 9 nitrogen and oxygen atoms in total. The molecule has 164 valence electrons. The first kappa shape index (κ1) is 21.3. The van der Waals surface area contributed by atoms with Crippen molar-refractivity contribution in [3.63, 3.8) is 0 Å². The molecule has 1 aliphatic heterocycles. The third-order valence-corrected chi connectivity index (χ3v) is 7.78. The van der Waals surface area contributed by atoms with Crippen LogP contribution in [0.2, 0.25) is 0 Å². The lowest BCUT2D eigenvalue weighted by Crippen LogP contribution is -2.37. The van der Waals surface area contributed by atoms with Crippen molar-refractivity contribution in [2.24, 2.45) is 7.05 Å². The minimum Gasteiger partial charge on any atom is -0.451 e. The lowest BCUT2D eigenvalue weighted by atomic mass is 10.2. The van der Waals surface area contributed by atoms with Gasteiger partial charge in [-0.3, -0.25) is 14.3 Å². The van der Waals surface area contributed by atoms with Crippen LogP contribution >= 0.6 is 0 Å². The highest BCUT2D eigenvalue weighted by molar-refractivity contribution is 7.89. The van der Waals surface area contributed by atoms with Gasteiger partial charge in [-0.2, -0.15) is 9.40 Å². The van der Waals surface area contributed by atoms with Crippen molar-refractivity contribution in [2.75, 3.05) is 26.2 Å². The van der Waals surface area contributed by atoms with Crippen LogP contribution in [-0.4, -0.2) is 59.5 Å². The number of carbonyl (C=O) groups is 1. The van der Waals surface area contributed by atoms with E-state index in [0.29, 0.717) is 41.9 Å². The highest BCUT2D eigenvalue weighted by Gasteiger charge is 2.33. The standard InChI is InChI=1S/C21H24N4O5S/c1-14-20(15(2)23(3)22-14)31(28,29)25-10-6-9-24(11-12-25)21(27)19-13-17(26)16-7-4-5-8-18(16)30-19/h4-5,7-8,13H,6,9-12H2,1-3H3. The molecule has 1 amide bonds. The van der Waals surface area contributed by atoms with Gasteiger partial charge >= 0.3 is 0 Å². The van der Waals surface area contributed by atoms with Gasteiger partial charge in [0.25, 0.3) is 5.91 Å². The predicted octanol–water partition coefficient (Wildman–Crippen LogP) is 1.68. The Morgan fingerprint density at radius 1 is 1.10 bits per heavy atom. The second kappa shape index (κ2) is 7.93. The third-order valence-electron chi connectivity index (χ3n) is 5.63. The van der Waals surface area contributed by atoms with E-state index in [4.69, 9.17) is 4.42 Å². The minimum absolute atomic E-state index is 0.0426. The van der Waals surface area contributed by atoms with Gasteiger partial charge in [-0.15, -0.1) is 0 Å². The fraction of sp³-hybridized carbons (Fsp3) is 0.381. The first-order valence-electron chi connectivity index (χ1n) is 10.0. The van der Waals surface area contributed by atoms with Gasteiger partial charge in [-0.25, -0.2) is 8.42 Å². The fourth-order valence-corrected chi connectivity index (χ4v) is 5.83. The van der Waals surface area contributed by atoms with Crippen LogP contribution < -0.4 is 5.43 Å². The van der Waals surface area contributed by atoms with Gasteiger partial charge in [0.15, 0.2) is 11.2 Å². The average Bonchev–Trinajstić information content (AvgIpc) is 2.90. The van der Waals surface area contributed by atoms with Gasteiger partial charge < -0.3 is 9.32 Å². The summed E-state index contributed by atoms with van der Waals surface area (Å²) in [5.41, 5.74) is 1.09. The van der Waals surface area contributed by atoms with Gasteiger partial charge in [0.2, 0.25) is 10.0 Å². The number of carbonyl (C=O) groups excluding carboxylic acids is 1. The van der Waals surface area contributed by atoms with Gasteiger partial charge in [-0.05, 0) is 32.4 Å². The number of para-hydroxylation sites is 1. The summed E-state index contributed by atoms with van der Waals surface area (Å²) >= 11 is 0. The van der Waals surface area contributed by atoms with Crippen LogP contribution in [0.5, 0.6) is 0 Å². The molecule has 2 aromatic heterocycles. The number of aromatic nitrogens is 2. The molecule has 1 aliphatic rings. The van der Waals surface area contributed by atoms with Gasteiger partial charge in [0.1, 0.15) is 10.5 Å². The van der Waals surface area contributed by atoms with E-state index in [1.165, 1.54) is 15.3 Å². The topological polar surface area (TPSA) is 106 Å².